The maximum atomic E-state index is 13.7. The van der Waals surface area contributed by atoms with Crippen molar-refractivity contribution in [3.05, 3.63) is 64.3 Å². The van der Waals surface area contributed by atoms with E-state index in [0.29, 0.717) is 47.2 Å². The molecule has 334 valence electrons. The molecule has 1 saturated heterocycles. The standard InChI is InChI=1S/C46H68ClN3O10/c1-10-38-46(8,58)42(54)31(6)49(26-27(2)25-45(7,57)41(53)28(3)40(52)29(4)44(56)60-38)22-14-12-11-13-21-48-39(51)24-35-30(5)50(37-20-19-34(59-9)23-36(35)37)43(55)32-15-17-33(47)18-16-32/h15-20,23,27-29,31,38,40-42,52-54,57-58H,10-14,21-22,24-26H2,1-9H3,(H,48,51)/t27-,28+,29-,31-,38-,40+,41-,42-,45-,46-/m1/s1. The average Bonchev–Trinajstić information content (AvgIpc) is 3.48. The Hall–Kier alpha value is -3.56. The molecule has 2 aromatic carbocycles. The predicted molar refractivity (Wildman–Crippen MR) is 232 cm³/mol. The molecule has 1 aromatic heterocycles. The number of nitrogens with one attached hydrogen (secondary N) is 1. The first-order valence-corrected chi connectivity index (χ1v) is 21.7. The van der Waals surface area contributed by atoms with Crippen LogP contribution in [0.25, 0.3) is 10.9 Å². The van der Waals surface area contributed by atoms with Gasteiger partial charge in [-0.2, -0.15) is 0 Å². The first kappa shape index (κ1) is 49.1. The summed E-state index contributed by atoms with van der Waals surface area (Å²) in [5.41, 5.74) is -0.857. The maximum Gasteiger partial charge on any atom is 0.311 e. The van der Waals surface area contributed by atoms with Crippen molar-refractivity contribution in [2.75, 3.05) is 26.7 Å². The van der Waals surface area contributed by atoms with Gasteiger partial charge in [-0.25, -0.2) is 0 Å². The van der Waals surface area contributed by atoms with Gasteiger partial charge in [-0.3, -0.25) is 23.9 Å². The number of halogens is 1. The quantitative estimate of drug-likeness (QED) is 0.101. The normalized spacial score (nSPS) is 30.0. The number of esters is 1. The van der Waals surface area contributed by atoms with Crippen LogP contribution >= 0.6 is 11.6 Å². The number of hydrogen-bond donors (Lipinski definition) is 6. The van der Waals surface area contributed by atoms with Gasteiger partial charge in [0, 0.05) is 46.7 Å². The van der Waals surface area contributed by atoms with Gasteiger partial charge in [0.2, 0.25) is 5.91 Å². The molecule has 3 aromatic rings. The number of unbranched alkanes of at least 4 members (excludes halogenated alkanes) is 3. The van der Waals surface area contributed by atoms with Crippen molar-refractivity contribution >= 4 is 40.3 Å². The number of fused-ring (bicyclic) bond motifs is 1. The van der Waals surface area contributed by atoms with Crippen molar-refractivity contribution in [3.8, 4) is 5.75 Å². The first-order valence-electron chi connectivity index (χ1n) is 21.3. The molecule has 0 aliphatic carbocycles. The second-order valence-corrected chi connectivity index (χ2v) is 18.0. The Bertz CT molecular complexity index is 1910. The van der Waals surface area contributed by atoms with Crippen LogP contribution in [0.2, 0.25) is 5.02 Å². The molecule has 0 unspecified atom stereocenters. The van der Waals surface area contributed by atoms with Crippen LogP contribution in [0.15, 0.2) is 42.5 Å². The molecule has 2 heterocycles. The van der Waals surface area contributed by atoms with Crippen molar-refractivity contribution in [1.29, 1.82) is 0 Å². The van der Waals surface area contributed by atoms with E-state index in [2.05, 4.69) is 10.2 Å². The molecule has 1 aliphatic heterocycles. The van der Waals surface area contributed by atoms with Crippen LogP contribution in [0.5, 0.6) is 5.75 Å². The van der Waals surface area contributed by atoms with Crippen LogP contribution in [0.1, 0.15) is 109 Å². The van der Waals surface area contributed by atoms with E-state index in [1.165, 1.54) is 20.8 Å². The third-order valence-corrected chi connectivity index (χ3v) is 12.9. The van der Waals surface area contributed by atoms with Gasteiger partial charge in [0.15, 0.2) is 0 Å². The number of aromatic nitrogens is 1. The van der Waals surface area contributed by atoms with Crippen molar-refractivity contribution in [1.82, 2.24) is 14.8 Å². The number of carbonyl (C=O) groups is 3. The Morgan fingerprint density at radius 1 is 0.967 bits per heavy atom. The summed E-state index contributed by atoms with van der Waals surface area (Å²) in [6.45, 7) is 14.8. The van der Waals surface area contributed by atoms with Gasteiger partial charge in [0.1, 0.15) is 23.6 Å². The number of aliphatic hydroxyl groups is 5. The van der Waals surface area contributed by atoms with Gasteiger partial charge in [-0.05, 0) is 121 Å². The highest BCUT2D eigenvalue weighted by Crippen LogP contribution is 2.34. The number of amides is 1. The fourth-order valence-corrected chi connectivity index (χ4v) is 9.01. The zero-order valence-electron chi connectivity index (χ0n) is 36.8. The summed E-state index contributed by atoms with van der Waals surface area (Å²) in [4.78, 5) is 42.2. The van der Waals surface area contributed by atoms with Crippen LogP contribution in [0, 0.1) is 24.7 Å². The second kappa shape index (κ2) is 21.0. The molecule has 14 heteroatoms. The number of benzene rings is 2. The number of carbonyl (C=O) groups excluding carboxylic acids is 3. The minimum absolute atomic E-state index is 0.0774. The van der Waals surface area contributed by atoms with Gasteiger partial charge in [-0.15, -0.1) is 0 Å². The highest BCUT2D eigenvalue weighted by Gasteiger charge is 2.47. The van der Waals surface area contributed by atoms with E-state index >= 15 is 0 Å². The second-order valence-electron chi connectivity index (χ2n) is 17.5. The third-order valence-electron chi connectivity index (χ3n) is 12.6. The summed E-state index contributed by atoms with van der Waals surface area (Å²) in [5.74, 6) is -2.63. The number of aliphatic hydroxyl groups excluding tert-OH is 3. The third kappa shape index (κ3) is 11.5. The number of rotatable bonds is 12. The molecule has 1 fully saturated rings. The van der Waals surface area contributed by atoms with Crippen LogP contribution in [-0.4, -0.2) is 121 Å². The molecule has 0 saturated carbocycles. The topological polar surface area (TPSA) is 191 Å². The van der Waals surface area contributed by atoms with Gasteiger partial charge < -0.3 is 40.3 Å². The van der Waals surface area contributed by atoms with Crippen molar-refractivity contribution in [3.63, 3.8) is 0 Å². The minimum atomic E-state index is -1.82. The molecule has 0 bridgehead atoms. The largest absolute Gasteiger partial charge is 0.497 e. The molecule has 4 rings (SSSR count). The molecular formula is C46H68ClN3O10. The minimum Gasteiger partial charge on any atom is -0.497 e. The fraction of sp³-hybridized carbons (Fsp3) is 0.630. The lowest BCUT2D eigenvalue weighted by Crippen LogP contribution is -2.59. The number of ether oxygens (including phenoxy) is 2. The Balaban J connectivity index is 1.40. The summed E-state index contributed by atoms with van der Waals surface area (Å²) in [7, 11) is 1.57. The fourth-order valence-electron chi connectivity index (χ4n) is 8.88. The number of nitrogens with zero attached hydrogens (tertiary/aromatic N) is 2. The zero-order chi connectivity index (χ0) is 44.7. The highest BCUT2D eigenvalue weighted by atomic mass is 35.5. The number of cyclic esters (lactones) is 1. The Labute approximate surface area is 360 Å². The van der Waals surface area contributed by atoms with E-state index in [9.17, 15) is 39.9 Å². The molecule has 0 spiro atoms. The van der Waals surface area contributed by atoms with Crippen molar-refractivity contribution in [2.24, 2.45) is 17.8 Å². The van der Waals surface area contributed by atoms with Gasteiger partial charge in [-0.1, -0.05) is 45.2 Å². The Morgan fingerprint density at radius 2 is 1.62 bits per heavy atom. The SMILES string of the molecule is CC[C@H]1OC(=O)[C@H](C)[C@@H](O)[C@H](C)[C@@H](O)[C@](C)(O)C[C@@H](C)CN(CCCCCCNC(=O)Cc2c(C)n(C(=O)c3ccc(Cl)cc3)c3ccc(OC)cc23)[C@H](C)[C@@H](O)[C@]1(C)O. The monoisotopic (exact) mass is 857 g/mol. The maximum absolute atomic E-state index is 13.7. The van der Waals surface area contributed by atoms with Crippen LogP contribution < -0.4 is 10.1 Å². The predicted octanol–water partition coefficient (Wildman–Crippen LogP) is 5.43. The molecule has 1 amide bonds. The van der Waals surface area contributed by atoms with Crippen molar-refractivity contribution < 1.29 is 49.4 Å². The molecule has 0 radical (unpaired) electrons. The summed E-state index contributed by atoms with van der Waals surface area (Å²) in [5, 5.41) is 61.3. The lowest BCUT2D eigenvalue weighted by Gasteiger charge is -2.43. The molecule has 60 heavy (non-hydrogen) atoms. The summed E-state index contributed by atoms with van der Waals surface area (Å²) >= 11 is 6.06. The average molecular weight is 859 g/mol. The molecule has 13 nitrogen and oxygen atoms in total. The lowest BCUT2D eigenvalue weighted by atomic mass is 9.78. The first-order chi connectivity index (χ1) is 28.2. The van der Waals surface area contributed by atoms with E-state index in [-0.39, 0.29) is 37.0 Å². The number of hydrogen-bond acceptors (Lipinski definition) is 11. The lowest BCUT2D eigenvalue weighted by molar-refractivity contribution is -0.193. The van der Waals surface area contributed by atoms with Gasteiger partial charge >= 0.3 is 5.97 Å². The summed E-state index contributed by atoms with van der Waals surface area (Å²) in [6, 6.07) is 11.6. The summed E-state index contributed by atoms with van der Waals surface area (Å²) in [6.07, 6.45) is -1.46. The van der Waals surface area contributed by atoms with E-state index in [0.717, 1.165) is 36.6 Å². The van der Waals surface area contributed by atoms with E-state index < -0.39 is 59.5 Å². The van der Waals surface area contributed by atoms with Gasteiger partial charge in [0.25, 0.3) is 5.91 Å². The van der Waals surface area contributed by atoms with E-state index in [1.54, 1.807) is 55.9 Å². The molecular weight excluding hydrogens is 790 g/mol. The molecule has 10 atom stereocenters. The van der Waals surface area contributed by atoms with Gasteiger partial charge in [0.05, 0.1) is 42.8 Å². The van der Waals surface area contributed by atoms with Crippen LogP contribution in [-0.2, 0) is 20.7 Å². The molecule has 6 N–H and O–H groups in total. The molecule has 1 aliphatic rings. The van der Waals surface area contributed by atoms with E-state index in [1.807, 2.05) is 32.9 Å². The highest BCUT2D eigenvalue weighted by molar-refractivity contribution is 6.30. The van der Waals surface area contributed by atoms with Crippen molar-refractivity contribution in [2.45, 2.75) is 142 Å². The Kier molecular flexibility index (Phi) is 17.2. The zero-order valence-corrected chi connectivity index (χ0v) is 37.5. The Morgan fingerprint density at radius 3 is 2.25 bits per heavy atom. The van der Waals surface area contributed by atoms with Crippen LogP contribution in [0.4, 0.5) is 0 Å². The smallest absolute Gasteiger partial charge is 0.311 e. The summed E-state index contributed by atoms with van der Waals surface area (Å²) < 4.78 is 12.8. The van der Waals surface area contributed by atoms with E-state index in [4.69, 9.17) is 21.1 Å². The van der Waals surface area contributed by atoms with Crippen LogP contribution in [0.3, 0.4) is 0 Å². The number of methoxy groups -OCH3 is 1.